The first kappa shape index (κ1) is 15.0. The third-order valence-corrected chi connectivity index (χ3v) is 7.97. The lowest BCUT2D eigenvalue weighted by Gasteiger charge is -2.37. The monoisotopic (exact) mass is 264 g/mol. The second-order valence-corrected chi connectivity index (χ2v) is 10.8. The summed E-state index contributed by atoms with van der Waals surface area (Å²) in [6.07, 6.45) is 0. The normalized spacial score (nSPS) is 12.3. The predicted octanol–water partition coefficient (Wildman–Crippen LogP) is 4.08. The van der Waals surface area contributed by atoms with Gasteiger partial charge in [0, 0.05) is 5.56 Å². The summed E-state index contributed by atoms with van der Waals surface area (Å²) in [5.41, 5.74) is 1.61. The third-order valence-electron chi connectivity index (χ3n) is 3.63. The molecule has 0 heterocycles. The molecule has 0 saturated heterocycles. The van der Waals surface area contributed by atoms with E-state index in [2.05, 4.69) is 40.4 Å². The first-order valence-corrected chi connectivity index (χ1v) is 9.17. The molecule has 0 saturated carbocycles. The fourth-order valence-corrected chi connectivity index (χ4v) is 2.39. The maximum absolute atomic E-state index is 9.23. The minimum absolute atomic E-state index is 0.0438. The van der Waals surface area contributed by atoms with E-state index in [1.807, 2.05) is 24.3 Å². The summed E-state index contributed by atoms with van der Waals surface area (Å²) in [5, 5.41) is 9.38. The molecule has 0 bridgehead atoms. The molecule has 2 nitrogen and oxygen atoms in total. The fourth-order valence-electron chi connectivity index (χ4n) is 1.36. The second-order valence-electron chi connectivity index (χ2n) is 6.12. The van der Waals surface area contributed by atoms with Crippen molar-refractivity contribution in [3.63, 3.8) is 0 Å². The van der Waals surface area contributed by atoms with E-state index in [9.17, 15) is 5.11 Å². The van der Waals surface area contributed by atoms with Crippen molar-refractivity contribution in [2.75, 3.05) is 6.61 Å². The van der Waals surface area contributed by atoms with Crippen LogP contribution >= 0.6 is 0 Å². The summed E-state index contributed by atoms with van der Waals surface area (Å²) in [5.74, 6) is 0.836. The zero-order valence-electron chi connectivity index (χ0n) is 12.1. The number of aliphatic hydroxyl groups is 1. The van der Waals surface area contributed by atoms with Crippen LogP contribution in [0, 0.1) is 0 Å². The number of rotatable bonds is 4. The highest BCUT2D eigenvalue weighted by molar-refractivity contribution is 6.74. The first-order valence-electron chi connectivity index (χ1n) is 6.26. The molecule has 0 radical (unpaired) electrons. The lowest BCUT2D eigenvalue weighted by molar-refractivity contribution is 0.350. The molecule has 0 fully saturated rings. The fraction of sp³-hybridized carbons (Fsp3) is 0.467. The minimum Gasteiger partial charge on any atom is -0.543 e. The van der Waals surface area contributed by atoms with Gasteiger partial charge in [-0.1, -0.05) is 45.5 Å². The molecular weight excluding hydrogens is 240 g/mol. The topological polar surface area (TPSA) is 29.5 Å². The van der Waals surface area contributed by atoms with Crippen LogP contribution in [0.3, 0.4) is 0 Å². The van der Waals surface area contributed by atoms with Gasteiger partial charge in [0.15, 0.2) is 0 Å². The van der Waals surface area contributed by atoms with E-state index in [0.717, 1.165) is 11.3 Å². The Morgan fingerprint density at radius 1 is 1.28 bits per heavy atom. The smallest absolute Gasteiger partial charge is 0.250 e. The van der Waals surface area contributed by atoms with Crippen molar-refractivity contribution in [2.45, 2.75) is 38.9 Å². The number of benzene rings is 1. The molecule has 0 amide bonds. The van der Waals surface area contributed by atoms with Gasteiger partial charge in [-0.2, -0.15) is 0 Å². The van der Waals surface area contributed by atoms with Crippen LogP contribution in [-0.2, 0) is 0 Å². The van der Waals surface area contributed by atoms with Gasteiger partial charge >= 0.3 is 0 Å². The average Bonchev–Trinajstić information content (AvgIpc) is 2.26. The van der Waals surface area contributed by atoms with Crippen LogP contribution in [0.4, 0.5) is 0 Å². The average molecular weight is 264 g/mol. The number of hydrogen-bond donors (Lipinski definition) is 1. The van der Waals surface area contributed by atoms with Crippen LogP contribution in [0.15, 0.2) is 30.8 Å². The summed E-state index contributed by atoms with van der Waals surface area (Å²) in [7, 11) is -1.86. The molecule has 18 heavy (non-hydrogen) atoms. The number of para-hydroxylation sites is 1. The van der Waals surface area contributed by atoms with Crippen LogP contribution in [0.1, 0.15) is 26.3 Å². The predicted molar refractivity (Wildman–Crippen MR) is 80.4 cm³/mol. The summed E-state index contributed by atoms with van der Waals surface area (Å²) in [6.45, 7) is 14.9. The zero-order valence-corrected chi connectivity index (χ0v) is 13.1. The van der Waals surface area contributed by atoms with Gasteiger partial charge in [0.1, 0.15) is 5.75 Å². The quantitative estimate of drug-likeness (QED) is 0.830. The van der Waals surface area contributed by atoms with Crippen molar-refractivity contribution >= 4 is 13.9 Å². The Hall–Kier alpha value is -1.06. The van der Waals surface area contributed by atoms with E-state index >= 15 is 0 Å². The third kappa shape index (κ3) is 3.24. The second kappa shape index (κ2) is 5.29. The van der Waals surface area contributed by atoms with Gasteiger partial charge in [-0.25, -0.2) is 0 Å². The van der Waals surface area contributed by atoms with Gasteiger partial charge in [-0.3, -0.25) is 0 Å². The van der Waals surface area contributed by atoms with E-state index < -0.39 is 8.32 Å². The van der Waals surface area contributed by atoms with Crippen molar-refractivity contribution in [3.8, 4) is 5.75 Å². The van der Waals surface area contributed by atoms with Crippen molar-refractivity contribution < 1.29 is 9.53 Å². The summed E-state index contributed by atoms with van der Waals surface area (Å²) in [6, 6.07) is 7.79. The van der Waals surface area contributed by atoms with Crippen LogP contribution in [0.25, 0.3) is 5.57 Å². The summed E-state index contributed by atoms with van der Waals surface area (Å²) >= 11 is 0. The minimum atomic E-state index is -1.86. The molecule has 0 atom stereocenters. The molecule has 1 aromatic rings. The van der Waals surface area contributed by atoms with E-state index in [4.69, 9.17) is 4.43 Å². The lowest BCUT2D eigenvalue weighted by atomic mass is 10.1. The Morgan fingerprint density at radius 2 is 1.83 bits per heavy atom. The van der Waals surface area contributed by atoms with Gasteiger partial charge in [0.25, 0.3) is 8.32 Å². The van der Waals surface area contributed by atoms with E-state index in [0.29, 0.717) is 5.57 Å². The molecule has 100 valence electrons. The molecule has 0 aliphatic rings. The van der Waals surface area contributed by atoms with Crippen LogP contribution in [0.2, 0.25) is 18.1 Å². The summed E-state index contributed by atoms with van der Waals surface area (Å²) in [4.78, 5) is 0. The maximum atomic E-state index is 9.23. The van der Waals surface area contributed by atoms with E-state index in [1.54, 1.807) is 0 Å². The highest BCUT2D eigenvalue weighted by Gasteiger charge is 2.39. The molecule has 0 aliphatic heterocycles. The van der Waals surface area contributed by atoms with Crippen LogP contribution < -0.4 is 4.43 Å². The van der Waals surface area contributed by atoms with E-state index in [1.165, 1.54) is 0 Å². The Labute approximate surface area is 111 Å². The molecule has 1 aromatic carbocycles. The van der Waals surface area contributed by atoms with Gasteiger partial charge in [0.05, 0.1) is 6.61 Å². The molecule has 0 aromatic heterocycles. The molecular formula is C15H24O2Si. The van der Waals surface area contributed by atoms with Crippen LogP contribution in [0.5, 0.6) is 5.75 Å². The molecule has 0 unspecified atom stereocenters. The lowest BCUT2D eigenvalue weighted by Crippen LogP contribution is -2.44. The van der Waals surface area contributed by atoms with Crippen molar-refractivity contribution in [1.82, 2.24) is 0 Å². The SMILES string of the molecule is C=C(CO)c1ccccc1O[Si](C)(C)C(C)(C)C. The Balaban J connectivity index is 3.09. The number of hydrogen-bond acceptors (Lipinski definition) is 2. The number of aliphatic hydroxyl groups excluding tert-OH is 1. The molecule has 3 heteroatoms. The highest BCUT2D eigenvalue weighted by atomic mass is 28.4. The highest BCUT2D eigenvalue weighted by Crippen LogP contribution is 2.38. The Morgan fingerprint density at radius 3 is 2.33 bits per heavy atom. The Kier molecular flexibility index (Phi) is 4.40. The van der Waals surface area contributed by atoms with Gasteiger partial charge in [-0.15, -0.1) is 0 Å². The molecule has 1 rings (SSSR count). The van der Waals surface area contributed by atoms with Crippen molar-refractivity contribution in [1.29, 1.82) is 0 Å². The van der Waals surface area contributed by atoms with Gasteiger partial charge in [0.2, 0.25) is 0 Å². The van der Waals surface area contributed by atoms with Crippen molar-refractivity contribution in [2.24, 2.45) is 0 Å². The molecule has 0 aliphatic carbocycles. The van der Waals surface area contributed by atoms with Gasteiger partial charge in [-0.05, 0) is 29.8 Å². The maximum Gasteiger partial charge on any atom is 0.250 e. The van der Waals surface area contributed by atoms with E-state index in [-0.39, 0.29) is 11.6 Å². The zero-order chi connectivity index (χ0) is 14.0. The molecule has 0 spiro atoms. The van der Waals surface area contributed by atoms with Gasteiger partial charge < -0.3 is 9.53 Å². The largest absolute Gasteiger partial charge is 0.543 e. The first-order chi connectivity index (χ1) is 8.19. The standard InChI is InChI=1S/C15H24O2Si/c1-12(11-16)13-9-7-8-10-14(13)17-18(5,6)15(2,3)4/h7-10,16H,1,11H2,2-6H3. The molecule has 1 N–H and O–H groups in total. The van der Waals surface area contributed by atoms with Crippen LogP contribution in [-0.4, -0.2) is 20.0 Å². The Bertz CT molecular complexity index is 430. The summed E-state index contributed by atoms with van der Waals surface area (Å²) < 4.78 is 6.29. The van der Waals surface area contributed by atoms with Crippen molar-refractivity contribution in [3.05, 3.63) is 36.4 Å².